The minimum atomic E-state index is -0.840. The van der Waals surface area contributed by atoms with Gasteiger partial charge in [-0.15, -0.1) is 0 Å². The van der Waals surface area contributed by atoms with Crippen LogP contribution in [-0.4, -0.2) is 25.8 Å². The van der Waals surface area contributed by atoms with Crippen molar-refractivity contribution in [3.63, 3.8) is 0 Å². The van der Waals surface area contributed by atoms with Crippen LogP contribution in [-0.2, 0) is 11.2 Å². The predicted molar refractivity (Wildman–Crippen MR) is 103 cm³/mol. The number of aryl methyl sites for hydroxylation is 1. The highest BCUT2D eigenvalue weighted by Gasteiger charge is 2.15. The maximum absolute atomic E-state index is 10.9. The van der Waals surface area contributed by atoms with E-state index in [-0.39, 0.29) is 6.42 Å². The third kappa shape index (κ3) is 3.34. The van der Waals surface area contributed by atoms with Crippen molar-refractivity contribution in [1.82, 2.24) is 14.8 Å². The second-order valence-corrected chi connectivity index (χ2v) is 7.24. The Bertz CT molecular complexity index is 1050. The third-order valence-electron chi connectivity index (χ3n) is 3.96. The summed E-state index contributed by atoms with van der Waals surface area (Å²) < 4.78 is 2.86. The number of benzene rings is 2. The van der Waals surface area contributed by atoms with Crippen molar-refractivity contribution in [2.45, 2.75) is 12.8 Å². The molecule has 1 N–H and O–H groups in total. The molecule has 26 heavy (non-hydrogen) atoms. The van der Waals surface area contributed by atoms with Gasteiger partial charge in [0.2, 0.25) is 5.13 Å². The number of aliphatic carboxylic acids is 1. The zero-order chi connectivity index (χ0) is 18.1. The first-order valence-corrected chi connectivity index (χ1v) is 9.22. The monoisotopic (exact) mass is 383 g/mol. The van der Waals surface area contributed by atoms with Gasteiger partial charge in [-0.05, 0) is 30.3 Å². The number of carboxylic acid groups (broad SMARTS) is 1. The molecule has 130 valence electrons. The average Bonchev–Trinajstić information content (AvgIpc) is 3.24. The first-order valence-electron chi connectivity index (χ1n) is 8.03. The Kier molecular flexibility index (Phi) is 4.44. The number of fused-ring (bicyclic) bond motifs is 1. The van der Waals surface area contributed by atoms with Gasteiger partial charge in [-0.3, -0.25) is 4.79 Å². The lowest BCUT2D eigenvalue weighted by molar-refractivity contribution is -0.136. The summed E-state index contributed by atoms with van der Waals surface area (Å²) in [4.78, 5) is 15.6. The Morgan fingerprint density at radius 1 is 1.15 bits per heavy atom. The Balaban J connectivity index is 1.82. The second kappa shape index (κ2) is 6.90. The summed E-state index contributed by atoms with van der Waals surface area (Å²) in [5, 5.41) is 15.0. The van der Waals surface area contributed by atoms with Crippen molar-refractivity contribution in [3.05, 3.63) is 65.3 Å². The first kappa shape index (κ1) is 16.8. The molecule has 0 saturated heterocycles. The van der Waals surface area contributed by atoms with Crippen molar-refractivity contribution in [2.24, 2.45) is 0 Å². The molecule has 0 unspecified atom stereocenters. The zero-order valence-electron chi connectivity index (χ0n) is 13.6. The van der Waals surface area contributed by atoms with Crippen LogP contribution in [0.3, 0.4) is 0 Å². The zero-order valence-corrected chi connectivity index (χ0v) is 15.2. The third-order valence-corrected chi connectivity index (χ3v) is 5.22. The summed E-state index contributed by atoms with van der Waals surface area (Å²) in [7, 11) is 0. The fraction of sp³-hybridized carbons (Fsp3) is 0.105. The molecule has 0 radical (unpaired) electrons. The van der Waals surface area contributed by atoms with E-state index in [1.54, 1.807) is 16.0 Å². The first-order chi connectivity index (χ1) is 12.6. The van der Waals surface area contributed by atoms with E-state index < -0.39 is 5.97 Å². The molecule has 7 heteroatoms. The van der Waals surface area contributed by atoms with Gasteiger partial charge < -0.3 is 5.11 Å². The highest BCUT2D eigenvalue weighted by Crippen LogP contribution is 2.30. The number of nitrogens with zero attached hydrogens (tertiary/aromatic N) is 3. The van der Waals surface area contributed by atoms with E-state index in [1.807, 2.05) is 54.6 Å². The second-order valence-electron chi connectivity index (χ2n) is 5.80. The van der Waals surface area contributed by atoms with Gasteiger partial charge >= 0.3 is 5.97 Å². The average molecular weight is 384 g/mol. The summed E-state index contributed by atoms with van der Waals surface area (Å²) in [6, 6.07) is 17.3. The van der Waals surface area contributed by atoms with Crippen LogP contribution in [0.5, 0.6) is 0 Å². The van der Waals surface area contributed by atoms with Gasteiger partial charge in [0.1, 0.15) is 0 Å². The van der Waals surface area contributed by atoms with E-state index in [1.165, 1.54) is 0 Å². The molecule has 4 aromatic rings. The fourth-order valence-electron chi connectivity index (χ4n) is 2.71. The van der Waals surface area contributed by atoms with Crippen LogP contribution in [0.15, 0.2) is 54.6 Å². The van der Waals surface area contributed by atoms with E-state index in [4.69, 9.17) is 16.7 Å². The van der Waals surface area contributed by atoms with Crippen LogP contribution in [0.25, 0.3) is 26.6 Å². The minimum absolute atomic E-state index is 0.0386. The Labute approximate surface area is 158 Å². The van der Waals surface area contributed by atoms with Gasteiger partial charge in [0, 0.05) is 17.0 Å². The van der Waals surface area contributed by atoms with E-state index in [2.05, 4.69) is 10.1 Å². The number of carbonyl (C=O) groups is 1. The van der Waals surface area contributed by atoms with Gasteiger partial charge in [0.25, 0.3) is 0 Å². The molecule has 4 rings (SSSR count). The topological polar surface area (TPSA) is 68.0 Å². The normalized spacial score (nSPS) is 11.1. The molecule has 0 aliphatic heterocycles. The fourth-order valence-corrected chi connectivity index (χ4v) is 3.77. The number of hydrogen-bond acceptors (Lipinski definition) is 4. The molecule has 0 atom stereocenters. The maximum Gasteiger partial charge on any atom is 0.303 e. The van der Waals surface area contributed by atoms with E-state index in [0.717, 1.165) is 32.3 Å². The van der Waals surface area contributed by atoms with Crippen molar-refractivity contribution in [1.29, 1.82) is 0 Å². The van der Waals surface area contributed by atoms with E-state index in [9.17, 15) is 4.79 Å². The molecule has 0 aliphatic carbocycles. The predicted octanol–water partition coefficient (Wildman–Crippen LogP) is 4.82. The quantitative estimate of drug-likeness (QED) is 0.536. The molecule has 0 fully saturated rings. The molecule has 2 aromatic carbocycles. The lowest BCUT2D eigenvalue weighted by atomic mass is 10.1. The number of halogens is 1. The van der Waals surface area contributed by atoms with Crippen LogP contribution in [0.2, 0.25) is 5.02 Å². The van der Waals surface area contributed by atoms with Crippen molar-refractivity contribution < 1.29 is 9.90 Å². The van der Waals surface area contributed by atoms with Crippen molar-refractivity contribution >= 4 is 39.1 Å². The molecule has 0 aliphatic rings. The number of rotatable bonds is 5. The Hall–Kier alpha value is -2.70. The van der Waals surface area contributed by atoms with Gasteiger partial charge in [-0.1, -0.05) is 47.2 Å². The van der Waals surface area contributed by atoms with Gasteiger partial charge in [0.15, 0.2) is 0 Å². The number of hydrogen-bond donors (Lipinski definition) is 1. The van der Waals surface area contributed by atoms with Crippen molar-refractivity contribution in [2.75, 3.05) is 0 Å². The Morgan fingerprint density at radius 3 is 2.65 bits per heavy atom. The highest BCUT2D eigenvalue weighted by molar-refractivity contribution is 7.20. The van der Waals surface area contributed by atoms with Crippen LogP contribution in [0.4, 0.5) is 0 Å². The van der Waals surface area contributed by atoms with Gasteiger partial charge in [0.05, 0.1) is 28.0 Å². The van der Waals surface area contributed by atoms with Crippen LogP contribution in [0, 0.1) is 0 Å². The lowest BCUT2D eigenvalue weighted by Gasteiger charge is -2.04. The molecule has 2 heterocycles. The molecule has 2 aromatic heterocycles. The summed E-state index contributed by atoms with van der Waals surface area (Å²) in [6.07, 6.45) is 0.407. The number of para-hydroxylation sites is 1. The summed E-state index contributed by atoms with van der Waals surface area (Å²) in [5.74, 6) is -0.840. The number of carboxylic acids is 1. The molecule has 0 spiro atoms. The molecular weight excluding hydrogens is 370 g/mol. The number of thiazole rings is 1. The Morgan fingerprint density at radius 2 is 1.92 bits per heavy atom. The van der Waals surface area contributed by atoms with Crippen LogP contribution < -0.4 is 0 Å². The highest BCUT2D eigenvalue weighted by atomic mass is 35.5. The van der Waals surface area contributed by atoms with Gasteiger partial charge in [-0.25, -0.2) is 9.67 Å². The minimum Gasteiger partial charge on any atom is -0.481 e. The van der Waals surface area contributed by atoms with Crippen LogP contribution >= 0.6 is 22.9 Å². The molecular formula is C19H14ClN3O2S. The number of aromatic nitrogens is 3. The van der Waals surface area contributed by atoms with Crippen molar-refractivity contribution in [3.8, 4) is 16.4 Å². The van der Waals surface area contributed by atoms with Crippen LogP contribution in [0.1, 0.15) is 12.1 Å². The molecule has 0 saturated carbocycles. The maximum atomic E-state index is 10.9. The smallest absolute Gasteiger partial charge is 0.303 e. The SMILES string of the molecule is O=C(O)CCc1cc(-c2ccc(Cl)cc2)n(-c2nc3ccccc3s2)n1. The summed E-state index contributed by atoms with van der Waals surface area (Å²) >= 11 is 7.55. The molecule has 5 nitrogen and oxygen atoms in total. The summed E-state index contributed by atoms with van der Waals surface area (Å²) in [6.45, 7) is 0. The molecule has 0 bridgehead atoms. The van der Waals surface area contributed by atoms with E-state index in [0.29, 0.717) is 11.4 Å². The summed E-state index contributed by atoms with van der Waals surface area (Å²) in [5.41, 5.74) is 3.44. The van der Waals surface area contributed by atoms with E-state index >= 15 is 0 Å². The molecule has 0 amide bonds. The van der Waals surface area contributed by atoms with Gasteiger partial charge in [-0.2, -0.15) is 5.10 Å². The lowest BCUT2D eigenvalue weighted by Crippen LogP contribution is -2.01. The standard InChI is InChI=1S/C19H14ClN3O2S/c20-13-7-5-12(6-8-13)16-11-14(9-10-18(24)25)22-23(16)19-21-15-3-1-2-4-17(15)26-19/h1-8,11H,9-10H2,(H,24,25). The largest absolute Gasteiger partial charge is 0.481 e.